The highest BCUT2D eigenvalue weighted by atomic mass is 32.2. The first-order valence-electron chi connectivity index (χ1n) is 7.42. The number of methoxy groups -OCH3 is 1. The molecule has 1 fully saturated rings. The zero-order valence-corrected chi connectivity index (χ0v) is 13.6. The summed E-state index contributed by atoms with van der Waals surface area (Å²) in [4.78, 5) is 0. The van der Waals surface area contributed by atoms with Crippen LogP contribution in [-0.2, 0) is 21.1 Å². The van der Waals surface area contributed by atoms with E-state index in [4.69, 9.17) is 4.74 Å². The second kappa shape index (κ2) is 7.38. The molecule has 1 aromatic rings. The van der Waals surface area contributed by atoms with Crippen molar-refractivity contribution in [2.75, 3.05) is 26.5 Å². The minimum atomic E-state index is -2.95. The van der Waals surface area contributed by atoms with Gasteiger partial charge < -0.3 is 10.1 Å². The van der Waals surface area contributed by atoms with Gasteiger partial charge in [-0.25, -0.2) is 8.42 Å². The Labute approximate surface area is 126 Å². The maximum Gasteiger partial charge on any atom is 0.150 e. The largest absolute Gasteiger partial charge is 0.383 e. The lowest BCUT2D eigenvalue weighted by molar-refractivity contribution is 0.199. The molecule has 21 heavy (non-hydrogen) atoms. The van der Waals surface area contributed by atoms with Crippen molar-refractivity contribution in [3.63, 3.8) is 0 Å². The summed E-state index contributed by atoms with van der Waals surface area (Å²) in [6.45, 7) is 2.25. The number of nitrogens with one attached hydrogen (secondary N) is 1. The monoisotopic (exact) mass is 315 g/mol. The smallest absolute Gasteiger partial charge is 0.150 e. The minimum Gasteiger partial charge on any atom is -0.383 e. The third-order valence-corrected chi connectivity index (χ3v) is 5.68. The first-order chi connectivity index (χ1) is 10.0. The maximum absolute atomic E-state index is 11.7. The molecule has 1 N–H and O–H groups in total. The fourth-order valence-corrected chi connectivity index (χ4v) is 3.99. The Morgan fingerprint density at radius 1 is 1.48 bits per heavy atom. The van der Waals surface area contributed by atoms with Crippen molar-refractivity contribution in [2.45, 2.75) is 43.5 Å². The van der Waals surface area contributed by atoms with Gasteiger partial charge in [0.15, 0.2) is 0 Å². The highest BCUT2D eigenvalue weighted by Crippen LogP contribution is 2.31. The second-order valence-electron chi connectivity index (χ2n) is 5.77. The highest BCUT2D eigenvalue weighted by Gasteiger charge is 2.30. The minimum absolute atomic E-state index is 0.200. The van der Waals surface area contributed by atoms with Crippen molar-refractivity contribution < 1.29 is 13.2 Å². The summed E-state index contributed by atoms with van der Waals surface area (Å²) in [6.07, 6.45) is 8.63. The molecule has 0 aliphatic heterocycles. The highest BCUT2D eigenvalue weighted by molar-refractivity contribution is 7.91. The van der Waals surface area contributed by atoms with Gasteiger partial charge in [-0.2, -0.15) is 5.10 Å². The summed E-state index contributed by atoms with van der Waals surface area (Å²) in [5.74, 6) is 0. The quantitative estimate of drug-likeness (QED) is 0.764. The number of nitrogens with zero attached hydrogens (tertiary/aromatic N) is 2. The molecule has 1 saturated carbocycles. The van der Waals surface area contributed by atoms with E-state index in [-0.39, 0.29) is 11.3 Å². The average Bonchev–Trinajstić information content (AvgIpc) is 2.92. The summed E-state index contributed by atoms with van der Waals surface area (Å²) in [5, 5.41) is 7.46. The van der Waals surface area contributed by atoms with E-state index in [1.807, 2.05) is 17.1 Å². The first-order valence-corrected chi connectivity index (χ1v) is 9.37. The van der Waals surface area contributed by atoms with Crippen molar-refractivity contribution in [1.29, 1.82) is 0 Å². The van der Waals surface area contributed by atoms with Crippen LogP contribution in [0.1, 0.15) is 37.3 Å². The number of sulfone groups is 1. The standard InChI is InChI=1S/C14H25N3O3S/c1-20-7-6-15-9-12-10-16-17(11-12)13-4-3-5-14(8-13)21(2,18)19/h10-11,13-15H,3-9H2,1-2H3. The molecular weight excluding hydrogens is 290 g/mol. The van der Waals surface area contributed by atoms with Gasteiger partial charge in [-0.05, 0) is 19.3 Å². The van der Waals surface area contributed by atoms with Crippen LogP contribution in [0.15, 0.2) is 12.4 Å². The molecule has 2 unspecified atom stereocenters. The van der Waals surface area contributed by atoms with E-state index in [0.29, 0.717) is 13.0 Å². The summed E-state index contributed by atoms with van der Waals surface area (Å²) in [5.41, 5.74) is 1.12. The van der Waals surface area contributed by atoms with Gasteiger partial charge in [0.1, 0.15) is 9.84 Å². The Morgan fingerprint density at radius 3 is 3.00 bits per heavy atom. The van der Waals surface area contributed by atoms with Crippen molar-refractivity contribution in [3.05, 3.63) is 18.0 Å². The van der Waals surface area contributed by atoms with Crippen LogP contribution in [0.2, 0.25) is 0 Å². The molecule has 1 aliphatic rings. The lowest BCUT2D eigenvalue weighted by atomic mass is 9.95. The third-order valence-electron chi connectivity index (χ3n) is 4.05. The van der Waals surface area contributed by atoms with Crippen LogP contribution in [0.3, 0.4) is 0 Å². The first kappa shape index (κ1) is 16.5. The molecule has 120 valence electrons. The summed E-state index contributed by atoms with van der Waals surface area (Å²) in [6, 6.07) is 0.200. The van der Waals surface area contributed by atoms with Crippen molar-refractivity contribution in [2.24, 2.45) is 0 Å². The summed E-state index contributed by atoms with van der Waals surface area (Å²) >= 11 is 0. The van der Waals surface area contributed by atoms with Crippen molar-refractivity contribution >= 4 is 9.84 Å². The Bertz CT molecular complexity index is 541. The van der Waals surface area contributed by atoms with E-state index in [0.717, 1.165) is 37.9 Å². The predicted molar refractivity (Wildman–Crippen MR) is 81.9 cm³/mol. The van der Waals surface area contributed by atoms with Gasteiger partial charge in [0.25, 0.3) is 0 Å². The van der Waals surface area contributed by atoms with Gasteiger partial charge in [0.05, 0.1) is 24.1 Å². The number of aromatic nitrogens is 2. The Kier molecular flexibility index (Phi) is 5.78. The molecule has 0 saturated heterocycles. The number of hydrogen-bond donors (Lipinski definition) is 1. The topological polar surface area (TPSA) is 73.2 Å². The maximum atomic E-state index is 11.7. The van der Waals surface area contributed by atoms with Crippen LogP contribution >= 0.6 is 0 Å². The van der Waals surface area contributed by atoms with Crippen molar-refractivity contribution in [3.8, 4) is 0 Å². The van der Waals surface area contributed by atoms with Gasteiger partial charge in [-0.3, -0.25) is 4.68 Å². The number of rotatable bonds is 7. The molecule has 2 atom stereocenters. The molecule has 2 rings (SSSR count). The predicted octanol–water partition coefficient (Wildman–Crippen LogP) is 1.15. The van der Waals surface area contributed by atoms with Crippen LogP contribution in [-0.4, -0.2) is 50.0 Å². The fourth-order valence-electron chi connectivity index (χ4n) is 2.82. The number of ether oxygens (including phenoxy) is 1. The molecule has 1 heterocycles. The normalized spacial score (nSPS) is 23.3. The van der Waals surface area contributed by atoms with Gasteiger partial charge in [0, 0.05) is 38.2 Å². The van der Waals surface area contributed by atoms with E-state index in [1.165, 1.54) is 6.26 Å². The van der Waals surface area contributed by atoms with Crippen LogP contribution in [0, 0.1) is 0 Å². The van der Waals surface area contributed by atoms with E-state index >= 15 is 0 Å². The molecule has 6 nitrogen and oxygen atoms in total. The average molecular weight is 315 g/mol. The van der Waals surface area contributed by atoms with Gasteiger partial charge in [-0.15, -0.1) is 0 Å². The molecule has 0 aromatic carbocycles. The summed E-state index contributed by atoms with van der Waals surface area (Å²) in [7, 11) is -1.27. The lowest BCUT2D eigenvalue weighted by Crippen LogP contribution is -2.29. The Morgan fingerprint density at radius 2 is 2.29 bits per heavy atom. The zero-order chi connectivity index (χ0) is 15.3. The van der Waals surface area contributed by atoms with Crippen molar-refractivity contribution in [1.82, 2.24) is 15.1 Å². The van der Waals surface area contributed by atoms with E-state index in [9.17, 15) is 8.42 Å². The molecule has 0 amide bonds. The van der Waals surface area contributed by atoms with E-state index < -0.39 is 9.84 Å². The molecule has 0 bridgehead atoms. The SMILES string of the molecule is COCCNCc1cnn(C2CCCC(S(C)(=O)=O)C2)c1. The van der Waals surface area contributed by atoms with Crippen LogP contribution < -0.4 is 5.32 Å². The molecule has 1 aromatic heterocycles. The lowest BCUT2D eigenvalue weighted by Gasteiger charge is -2.28. The van der Waals surface area contributed by atoms with E-state index in [2.05, 4.69) is 10.4 Å². The molecule has 7 heteroatoms. The van der Waals surface area contributed by atoms with Gasteiger partial charge in [0.2, 0.25) is 0 Å². The molecule has 0 spiro atoms. The second-order valence-corrected chi connectivity index (χ2v) is 8.10. The Hall–Kier alpha value is -0.920. The Balaban J connectivity index is 1.91. The zero-order valence-electron chi connectivity index (χ0n) is 12.8. The van der Waals surface area contributed by atoms with Crippen LogP contribution in [0.5, 0.6) is 0 Å². The number of hydrogen-bond acceptors (Lipinski definition) is 5. The van der Waals surface area contributed by atoms with Crippen LogP contribution in [0.25, 0.3) is 0 Å². The summed E-state index contributed by atoms with van der Waals surface area (Å²) < 4.78 is 30.4. The fraction of sp³-hybridized carbons (Fsp3) is 0.786. The van der Waals surface area contributed by atoms with Crippen LogP contribution in [0.4, 0.5) is 0 Å². The van der Waals surface area contributed by atoms with Gasteiger partial charge >= 0.3 is 0 Å². The molecule has 1 aliphatic carbocycles. The molecule has 0 radical (unpaired) electrons. The van der Waals surface area contributed by atoms with E-state index in [1.54, 1.807) is 7.11 Å². The van der Waals surface area contributed by atoms with Gasteiger partial charge in [-0.1, -0.05) is 6.42 Å². The molecular formula is C14H25N3O3S. The third kappa shape index (κ3) is 4.79.